The van der Waals surface area contributed by atoms with Gasteiger partial charge in [0.05, 0.1) is 12.7 Å². The highest BCUT2D eigenvalue weighted by atomic mass is 32.1. The lowest BCUT2D eigenvalue weighted by molar-refractivity contribution is -0.115. The van der Waals surface area contributed by atoms with Crippen LogP contribution < -0.4 is 0 Å². The molecule has 1 atom stereocenters. The van der Waals surface area contributed by atoms with Crippen molar-refractivity contribution in [3.8, 4) is 10.4 Å². The van der Waals surface area contributed by atoms with Crippen LogP contribution in [0.1, 0.15) is 51.8 Å². The van der Waals surface area contributed by atoms with Gasteiger partial charge in [-0.1, -0.05) is 44.2 Å². The van der Waals surface area contributed by atoms with Crippen molar-refractivity contribution in [3.05, 3.63) is 82.5 Å². The Morgan fingerprint density at radius 1 is 1.19 bits per heavy atom. The zero-order valence-corrected chi connectivity index (χ0v) is 20.3. The lowest BCUT2D eigenvalue weighted by atomic mass is 9.97. The standard InChI is InChI=1S/C25H29FO3S.C2H6/c1-4-18(24(29)7-5-6-22(28)16-27)14-20(17(2)3)15-23-12-13-25(30-23)19-8-10-21(26)11-9-19;1-2/h4,8-14,22,27-28H,2,5-7,15-16H2,1,3H3;1-2H3/b18-4+,20-14-;. The topological polar surface area (TPSA) is 57.5 Å². The SMILES string of the molecule is C=C(C)/C(=C\C(=C/C)C(=O)CCCC(O)CO)Cc1ccc(-c2ccc(F)cc2)s1.CC. The van der Waals surface area contributed by atoms with Crippen molar-refractivity contribution >= 4 is 17.1 Å². The predicted octanol–water partition coefficient (Wildman–Crippen LogP) is 6.66. The minimum absolute atomic E-state index is 0.0135. The van der Waals surface area contributed by atoms with Gasteiger partial charge in [-0.3, -0.25) is 4.79 Å². The largest absolute Gasteiger partial charge is 0.394 e. The maximum absolute atomic E-state index is 13.2. The summed E-state index contributed by atoms with van der Waals surface area (Å²) in [6, 6.07) is 10.5. The lowest BCUT2D eigenvalue weighted by Crippen LogP contribution is -2.12. The Morgan fingerprint density at radius 2 is 1.84 bits per heavy atom. The molecule has 0 radical (unpaired) electrons. The van der Waals surface area contributed by atoms with E-state index < -0.39 is 6.10 Å². The Kier molecular flexibility index (Phi) is 12.7. The zero-order valence-electron chi connectivity index (χ0n) is 19.5. The molecule has 0 bridgehead atoms. The van der Waals surface area contributed by atoms with E-state index in [1.54, 1.807) is 29.5 Å². The van der Waals surface area contributed by atoms with Crippen molar-refractivity contribution in [1.82, 2.24) is 0 Å². The molecule has 174 valence electrons. The molecule has 0 spiro atoms. The van der Waals surface area contributed by atoms with E-state index in [4.69, 9.17) is 5.11 Å². The first-order valence-electron chi connectivity index (χ1n) is 11.0. The van der Waals surface area contributed by atoms with E-state index in [-0.39, 0.29) is 18.2 Å². The summed E-state index contributed by atoms with van der Waals surface area (Å²) >= 11 is 1.64. The van der Waals surface area contributed by atoms with Gasteiger partial charge in [0.1, 0.15) is 5.82 Å². The minimum Gasteiger partial charge on any atom is -0.394 e. The van der Waals surface area contributed by atoms with Crippen LogP contribution in [0.2, 0.25) is 0 Å². The molecular weight excluding hydrogens is 423 g/mol. The van der Waals surface area contributed by atoms with Gasteiger partial charge in [0, 0.05) is 28.2 Å². The van der Waals surface area contributed by atoms with Gasteiger partial charge < -0.3 is 10.2 Å². The quantitative estimate of drug-likeness (QED) is 0.292. The summed E-state index contributed by atoms with van der Waals surface area (Å²) in [5.41, 5.74) is 3.48. The number of ketones is 1. The highest BCUT2D eigenvalue weighted by Crippen LogP contribution is 2.31. The molecule has 0 amide bonds. The van der Waals surface area contributed by atoms with Crippen molar-refractivity contribution in [2.75, 3.05) is 6.61 Å². The molecular formula is C27H35FO3S. The van der Waals surface area contributed by atoms with E-state index in [0.29, 0.717) is 31.3 Å². The van der Waals surface area contributed by atoms with Crippen LogP contribution in [0.15, 0.2) is 71.8 Å². The average molecular weight is 459 g/mol. The van der Waals surface area contributed by atoms with Gasteiger partial charge in [0.15, 0.2) is 5.78 Å². The molecule has 0 aliphatic rings. The summed E-state index contributed by atoms with van der Waals surface area (Å²) in [5.74, 6) is -0.239. The Labute approximate surface area is 195 Å². The second-order valence-electron chi connectivity index (χ2n) is 7.30. The Balaban J connectivity index is 0.00000249. The molecule has 0 saturated heterocycles. The highest BCUT2D eigenvalue weighted by molar-refractivity contribution is 7.15. The number of rotatable bonds is 11. The second kappa shape index (κ2) is 14.7. The molecule has 0 saturated carbocycles. The number of benzene rings is 1. The molecule has 5 heteroatoms. The molecule has 2 N–H and O–H groups in total. The van der Waals surface area contributed by atoms with Crippen LogP contribution in [-0.2, 0) is 11.2 Å². The van der Waals surface area contributed by atoms with Crippen LogP contribution in [0.5, 0.6) is 0 Å². The van der Waals surface area contributed by atoms with E-state index in [2.05, 4.69) is 6.58 Å². The number of thiophene rings is 1. The van der Waals surface area contributed by atoms with Crippen molar-refractivity contribution in [1.29, 1.82) is 0 Å². The van der Waals surface area contributed by atoms with Gasteiger partial charge in [0.25, 0.3) is 0 Å². The fraction of sp³-hybridized carbons (Fsp3) is 0.370. The smallest absolute Gasteiger partial charge is 0.162 e. The number of aliphatic hydroxyl groups excluding tert-OH is 2. The maximum atomic E-state index is 13.2. The second-order valence-corrected chi connectivity index (χ2v) is 8.46. The van der Waals surface area contributed by atoms with Crippen molar-refractivity contribution in [3.63, 3.8) is 0 Å². The van der Waals surface area contributed by atoms with Crippen LogP contribution >= 0.6 is 11.3 Å². The molecule has 32 heavy (non-hydrogen) atoms. The summed E-state index contributed by atoms with van der Waals surface area (Å²) in [6.45, 7) is 11.5. The minimum atomic E-state index is -0.775. The summed E-state index contributed by atoms with van der Waals surface area (Å²) in [4.78, 5) is 14.8. The number of halogens is 1. The Morgan fingerprint density at radius 3 is 2.41 bits per heavy atom. The molecule has 1 unspecified atom stereocenters. The van der Waals surface area contributed by atoms with E-state index in [1.807, 2.05) is 45.9 Å². The number of carbonyl (C=O) groups excluding carboxylic acids is 1. The number of hydrogen-bond donors (Lipinski definition) is 2. The Bertz CT molecular complexity index is 923. The fourth-order valence-corrected chi connectivity index (χ4v) is 4.04. The zero-order chi connectivity index (χ0) is 24.1. The van der Waals surface area contributed by atoms with Gasteiger partial charge in [-0.15, -0.1) is 11.3 Å². The number of carbonyl (C=O) groups is 1. The van der Waals surface area contributed by atoms with E-state index in [9.17, 15) is 14.3 Å². The van der Waals surface area contributed by atoms with Crippen molar-refractivity contribution in [2.24, 2.45) is 0 Å². The van der Waals surface area contributed by atoms with Crippen LogP contribution in [0.4, 0.5) is 4.39 Å². The highest BCUT2D eigenvalue weighted by Gasteiger charge is 2.12. The monoisotopic (exact) mass is 458 g/mol. The van der Waals surface area contributed by atoms with Crippen LogP contribution in [0.25, 0.3) is 10.4 Å². The number of Topliss-reactive ketones (excluding diaryl/α,β-unsaturated/α-hetero) is 1. The average Bonchev–Trinajstić information content (AvgIpc) is 3.26. The molecule has 1 aromatic heterocycles. The number of hydrogen-bond acceptors (Lipinski definition) is 4. The molecule has 0 fully saturated rings. The summed E-state index contributed by atoms with van der Waals surface area (Å²) < 4.78 is 13.2. The molecule has 2 aromatic rings. The third-order valence-electron chi connectivity index (χ3n) is 4.82. The molecule has 1 heterocycles. The molecule has 2 rings (SSSR count). The third kappa shape index (κ3) is 9.03. The number of allylic oxidation sites excluding steroid dienone is 5. The van der Waals surface area contributed by atoms with Crippen LogP contribution in [0, 0.1) is 5.82 Å². The van der Waals surface area contributed by atoms with Gasteiger partial charge >= 0.3 is 0 Å². The molecule has 3 nitrogen and oxygen atoms in total. The maximum Gasteiger partial charge on any atom is 0.162 e. The van der Waals surface area contributed by atoms with Crippen LogP contribution in [0.3, 0.4) is 0 Å². The molecule has 0 aliphatic carbocycles. The van der Waals surface area contributed by atoms with Gasteiger partial charge in [-0.25, -0.2) is 4.39 Å². The van der Waals surface area contributed by atoms with Crippen LogP contribution in [-0.4, -0.2) is 28.7 Å². The first-order valence-corrected chi connectivity index (χ1v) is 11.8. The van der Waals surface area contributed by atoms with Gasteiger partial charge in [0.2, 0.25) is 0 Å². The number of aliphatic hydroxyl groups is 2. The Hall–Kier alpha value is -2.34. The summed E-state index contributed by atoms with van der Waals surface area (Å²) in [6.07, 6.45) is 4.83. The van der Waals surface area contributed by atoms with E-state index in [0.717, 1.165) is 26.5 Å². The van der Waals surface area contributed by atoms with E-state index >= 15 is 0 Å². The summed E-state index contributed by atoms with van der Waals surface area (Å²) in [5, 5.41) is 18.3. The third-order valence-corrected chi connectivity index (χ3v) is 5.95. The van der Waals surface area contributed by atoms with Crippen molar-refractivity contribution in [2.45, 2.75) is 59.5 Å². The van der Waals surface area contributed by atoms with E-state index in [1.165, 1.54) is 12.1 Å². The first kappa shape index (κ1) is 27.7. The predicted molar refractivity (Wildman–Crippen MR) is 133 cm³/mol. The molecule has 1 aromatic carbocycles. The van der Waals surface area contributed by atoms with Gasteiger partial charge in [-0.05, 0) is 68.2 Å². The van der Waals surface area contributed by atoms with Crippen molar-refractivity contribution < 1.29 is 19.4 Å². The first-order chi connectivity index (χ1) is 15.3. The summed E-state index contributed by atoms with van der Waals surface area (Å²) in [7, 11) is 0. The molecule has 0 aliphatic heterocycles. The lowest BCUT2D eigenvalue weighted by Gasteiger charge is -2.09. The normalized spacial score (nSPS) is 12.7. The fourth-order valence-electron chi connectivity index (χ4n) is 3.00. The van der Waals surface area contributed by atoms with Gasteiger partial charge in [-0.2, -0.15) is 0 Å².